The molecule has 4 heteroatoms. The second kappa shape index (κ2) is 6.43. The van der Waals surface area contributed by atoms with E-state index in [1.807, 2.05) is 60.7 Å². The van der Waals surface area contributed by atoms with Crippen LogP contribution in [0.15, 0.2) is 60.7 Å². The summed E-state index contributed by atoms with van der Waals surface area (Å²) in [6.45, 7) is 0.226. The molecule has 0 aromatic heterocycles. The van der Waals surface area contributed by atoms with Crippen molar-refractivity contribution in [3.05, 3.63) is 71.8 Å². The third-order valence-electron chi connectivity index (χ3n) is 3.81. The van der Waals surface area contributed by atoms with Crippen molar-refractivity contribution in [3.63, 3.8) is 0 Å². The molecule has 2 aromatic rings. The predicted octanol–water partition coefficient (Wildman–Crippen LogP) is 2.09. The van der Waals surface area contributed by atoms with Gasteiger partial charge < -0.3 is 10.1 Å². The summed E-state index contributed by atoms with van der Waals surface area (Å²) < 4.78 is 5.29. The molecule has 112 valence electrons. The van der Waals surface area contributed by atoms with E-state index in [4.69, 9.17) is 4.74 Å². The topological polar surface area (TPSA) is 55.4 Å². The molecular formula is C18H17NO3. The van der Waals surface area contributed by atoms with Crippen LogP contribution < -0.4 is 5.32 Å². The highest BCUT2D eigenvalue weighted by atomic mass is 16.5. The summed E-state index contributed by atoms with van der Waals surface area (Å²) >= 11 is 0. The van der Waals surface area contributed by atoms with Crippen LogP contribution in [0.2, 0.25) is 0 Å². The Hall–Kier alpha value is -2.62. The molecule has 1 N–H and O–H groups in total. The molecule has 1 aliphatic rings. The quantitative estimate of drug-likeness (QED) is 0.679. The number of carbonyl (C=O) groups excluding carboxylic acids is 2. The van der Waals surface area contributed by atoms with Gasteiger partial charge in [-0.2, -0.15) is 0 Å². The number of carbonyl (C=O) groups is 2. The van der Waals surface area contributed by atoms with Crippen LogP contribution in [-0.2, 0) is 27.4 Å². The summed E-state index contributed by atoms with van der Waals surface area (Å²) in [5, 5.41) is 2.64. The first kappa shape index (κ1) is 14.3. The van der Waals surface area contributed by atoms with Crippen LogP contribution in [0.5, 0.6) is 0 Å². The number of esters is 1. The zero-order valence-corrected chi connectivity index (χ0v) is 12.1. The number of nitrogens with one attached hydrogen (secondary N) is 1. The number of hydrogen-bond donors (Lipinski definition) is 1. The maximum absolute atomic E-state index is 12.1. The Labute approximate surface area is 129 Å². The minimum atomic E-state index is -0.545. The first-order valence-corrected chi connectivity index (χ1v) is 7.29. The summed E-state index contributed by atoms with van der Waals surface area (Å²) in [4.78, 5) is 23.8. The van der Waals surface area contributed by atoms with Crippen LogP contribution in [0.3, 0.4) is 0 Å². The molecule has 1 heterocycles. The van der Waals surface area contributed by atoms with E-state index in [2.05, 4.69) is 5.32 Å². The van der Waals surface area contributed by atoms with Gasteiger partial charge in [0.05, 0.1) is 5.92 Å². The fraction of sp³-hybridized carbons (Fsp3) is 0.222. The molecule has 0 radical (unpaired) electrons. The number of ether oxygens (including phenoxy) is 1. The molecule has 1 amide bonds. The van der Waals surface area contributed by atoms with Crippen molar-refractivity contribution in [1.82, 2.24) is 5.32 Å². The van der Waals surface area contributed by atoms with Gasteiger partial charge in [-0.25, -0.2) is 4.79 Å². The molecule has 1 saturated heterocycles. The van der Waals surface area contributed by atoms with Crippen molar-refractivity contribution in [2.24, 2.45) is 5.92 Å². The lowest BCUT2D eigenvalue weighted by atomic mass is 9.85. The average Bonchev–Trinajstić information content (AvgIpc) is 2.57. The highest BCUT2D eigenvalue weighted by Gasteiger charge is 2.44. The molecular weight excluding hydrogens is 278 g/mol. The second-order valence-corrected chi connectivity index (χ2v) is 5.38. The maximum atomic E-state index is 12.1. The van der Waals surface area contributed by atoms with E-state index in [0.29, 0.717) is 6.42 Å². The zero-order valence-electron chi connectivity index (χ0n) is 12.1. The van der Waals surface area contributed by atoms with Crippen molar-refractivity contribution in [2.75, 3.05) is 0 Å². The lowest BCUT2D eigenvalue weighted by molar-refractivity contribution is -0.158. The van der Waals surface area contributed by atoms with E-state index >= 15 is 0 Å². The van der Waals surface area contributed by atoms with Crippen LogP contribution in [-0.4, -0.2) is 17.9 Å². The van der Waals surface area contributed by atoms with Gasteiger partial charge in [0.1, 0.15) is 12.6 Å². The SMILES string of the molecule is O=C1N[C@H](C(=O)OCc2ccccc2)[C@@H]1Cc1ccccc1. The van der Waals surface area contributed by atoms with Gasteiger partial charge in [0, 0.05) is 0 Å². The lowest BCUT2D eigenvalue weighted by Crippen LogP contribution is -2.63. The third-order valence-corrected chi connectivity index (χ3v) is 3.81. The van der Waals surface area contributed by atoms with E-state index in [1.54, 1.807) is 0 Å². The Morgan fingerprint density at radius 2 is 1.55 bits per heavy atom. The fourth-order valence-corrected chi connectivity index (χ4v) is 2.54. The van der Waals surface area contributed by atoms with E-state index in [0.717, 1.165) is 11.1 Å². The van der Waals surface area contributed by atoms with Crippen molar-refractivity contribution in [1.29, 1.82) is 0 Å². The lowest BCUT2D eigenvalue weighted by Gasteiger charge is -2.34. The molecule has 0 aliphatic carbocycles. The van der Waals surface area contributed by atoms with E-state index in [9.17, 15) is 9.59 Å². The minimum absolute atomic E-state index is 0.0921. The molecule has 3 rings (SSSR count). The molecule has 2 aromatic carbocycles. The standard InChI is InChI=1S/C18H17NO3/c20-17-15(11-13-7-3-1-4-8-13)16(19-17)18(21)22-12-14-9-5-2-6-10-14/h1-10,15-16H,11-12H2,(H,19,20)/t15-,16-/m0/s1. The number of β-lactam (4-membered cyclic amide) rings is 1. The van der Waals surface area contributed by atoms with Gasteiger partial charge in [0.15, 0.2) is 0 Å². The Morgan fingerprint density at radius 3 is 2.14 bits per heavy atom. The van der Waals surface area contributed by atoms with Crippen LogP contribution in [0.25, 0.3) is 0 Å². The van der Waals surface area contributed by atoms with Crippen LogP contribution in [0.1, 0.15) is 11.1 Å². The van der Waals surface area contributed by atoms with Crippen LogP contribution >= 0.6 is 0 Å². The van der Waals surface area contributed by atoms with Gasteiger partial charge in [-0.05, 0) is 17.5 Å². The van der Waals surface area contributed by atoms with Crippen LogP contribution in [0, 0.1) is 5.92 Å². The summed E-state index contributed by atoms with van der Waals surface area (Å²) in [7, 11) is 0. The predicted molar refractivity (Wildman–Crippen MR) is 81.8 cm³/mol. The van der Waals surface area contributed by atoms with Crippen molar-refractivity contribution >= 4 is 11.9 Å². The van der Waals surface area contributed by atoms with E-state index in [1.165, 1.54) is 0 Å². The Kier molecular flexibility index (Phi) is 4.19. The molecule has 4 nitrogen and oxygen atoms in total. The fourth-order valence-electron chi connectivity index (χ4n) is 2.54. The number of hydrogen-bond acceptors (Lipinski definition) is 3. The summed E-state index contributed by atoms with van der Waals surface area (Å²) in [6.07, 6.45) is 0.553. The Bertz CT molecular complexity index is 655. The second-order valence-electron chi connectivity index (χ2n) is 5.38. The van der Waals surface area contributed by atoms with E-state index < -0.39 is 6.04 Å². The Morgan fingerprint density at radius 1 is 0.955 bits per heavy atom. The maximum Gasteiger partial charge on any atom is 0.329 e. The van der Waals surface area contributed by atoms with Crippen molar-refractivity contribution in [3.8, 4) is 0 Å². The molecule has 2 atom stereocenters. The van der Waals surface area contributed by atoms with Gasteiger partial charge in [-0.3, -0.25) is 4.79 Å². The van der Waals surface area contributed by atoms with Gasteiger partial charge in [-0.15, -0.1) is 0 Å². The largest absolute Gasteiger partial charge is 0.459 e. The van der Waals surface area contributed by atoms with Crippen molar-refractivity contribution in [2.45, 2.75) is 19.1 Å². The summed E-state index contributed by atoms with van der Waals surface area (Å²) in [5.41, 5.74) is 1.98. The zero-order chi connectivity index (χ0) is 15.4. The first-order chi connectivity index (χ1) is 10.7. The molecule has 0 unspecified atom stereocenters. The summed E-state index contributed by atoms with van der Waals surface area (Å²) in [5.74, 6) is -0.805. The van der Waals surface area contributed by atoms with Gasteiger partial charge in [-0.1, -0.05) is 60.7 Å². The Balaban J connectivity index is 1.57. The monoisotopic (exact) mass is 295 g/mol. The average molecular weight is 295 g/mol. The van der Waals surface area contributed by atoms with Crippen LogP contribution in [0.4, 0.5) is 0 Å². The highest BCUT2D eigenvalue weighted by Crippen LogP contribution is 2.22. The molecule has 1 fully saturated rings. The van der Waals surface area contributed by atoms with Gasteiger partial charge in [0.2, 0.25) is 5.91 Å². The highest BCUT2D eigenvalue weighted by molar-refractivity contribution is 5.97. The molecule has 0 saturated carbocycles. The summed E-state index contributed by atoms with van der Waals surface area (Å²) in [6, 6.07) is 18.6. The van der Waals surface area contributed by atoms with Crippen molar-refractivity contribution < 1.29 is 14.3 Å². The molecule has 22 heavy (non-hydrogen) atoms. The minimum Gasteiger partial charge on any atom is -0.459 e. The van der Waals surface area contributed by atoms with Gasteiger partial charge >= 0.3 is 5.97 Å². The molecule has 0 spiro atoms. The third kappa shape index (κ3) is 3.17. The number of amides is 1. The number of rotatable bonds is 5. The first-order valence-electron chi connectivity index (χ1n) is 7.29. The number of benzene rings is 2. The van der Waals surface area contributed by atoms with E-state index in [-0.39, 0.29) is 24.4 Å². The normalized spacial score (nSPS) is 19.9. The smallest absolute Gasteiger partial charge is 0.329 e. The molecule has 0 bridgehead atoms. The van der Waals surface area contributed by atoms with Gasteiger partial charge in [0.25, 0.3) is 0 Å². The molecule has 1 aliphatic heterocycles.